The van der Waals surface area contributed by atoms with Crippen molar-refractivity contribution in [2.75, 3.05) is 0 Å². The minimum Gasteiger partial charge on any atom is -0.292 e. The second-order valence-corrected chi connectivity index (χ2v) is 5.04. The molecule has 1 heterocycles. The molecule has 1 saturated carbocycles. The summed E-state index contributed by atoms with van der Waals surface area (Å²) in [6.07, 6.45) is 4.92. The predicted octanol–water partition coefficient (Wildman–Crippen LogP) is 3.34. The van der Waals surface area contributed by atoms with Crippen LogP contribution in [0.1, 0.15) is 43.6 Å². The average molecular weight is 217 g/mol. The van der Waals surface area contributed by atoms with Crippen LogP contribution < -0.4 is 0 Å². The topological polar surface area (TPSA) is 30.0 Å². The summed E-state index contributed by atoms with van der Waals surface area (Å²) in [5.41, 5.74) is 0.634. The zero-order chi connectivity index (χ0) is 11.5. The molecule has 0 spiro atoms. The van der Waals surface area contributed by atoms with E-state index in [9.17, 15) is 4.79 Å². The Labute approximate surface area is 97.1 Å². The van der Waals surface area contributed by atoms with Crippen molar-refractivity contribution in [1.82, 2.24) is 4.98 Å². The fraction of sp³-hybridized carbons (Fsp3) is 0.571. The number of carbonyl (C=O) groups excluding carboxylic acids is 1. The molecule has 0 radical (unpaired) electrons. The van der Waals surface area contributed by atoms with Crippen LogP contribution in [0.4, 0.5) is 0 Å². The van der Waals surface area contributed by atoms with Gasteiger partial charge in [-0.3, -0.25) is 9.78 Å². The van der Waals surface area contributed by atoms with Gasteiger partial charge >= 0.3 is 0 Å². The fourth-order valence-electron chi connectivity index (χ4n) is 2.50. The first-order valence-corrected chi connectivity index (χ1v) is 6.13. The number of carbonyl (C=O) groups is 1. The largest absolute Gasteiger partial charge is 0.292 e. The second-order valence-electron chi connectivity index (χ2n) is 5.04. The van der Waals surface area contributed by atoms with Crippen molar-refractivity contribution in [1.29, 1.82) is 0 Å². The standard InChI is InChI=1S/C14H19NO/c1-10-6-7-12(9-11(10)2)14(16)13-5-3-4-8-15-13/h3-5,8,10-12H,6-7,9H2,1-2H3. The lowest BCUT2D eigenvalue weighted by molar-refractivity contribution is 0.0832. The van der Waals surface area contributed by atoms with Crippen molar-refractivity contribution in [2.24, 2.45) is 17.8 Å². The lowest BCUT2D eigenvalue weighted by Gasteiger charge is -2.30. The molecule has 0 amide bonds. The van der Waals surface area contributed by atoms with Crippen molar-refractivity contribution in [3.05, 3.63) is 30.1 Å². The van der Waals surface area contributed by atoms with Crippen molar-refractivity contribution in [3.63, 3.8) is 0 Å². The minimum absolute atomic E-state index is 0.195. The Kier molecular flexibility index (Phi) is 3.37. The molecule has 1 aliphatic carbocycles. The van der Waals surface area contributed by atoms with Gasteiger partial charge in [0.2, 0.25) is 0 Å². The van der Waals surface area contributed by atoms with Gasteiger partial charge in [0.15, 0.2) is 5.78 Å². The van der Waals surface area contributed by atoms with Crippen molar-refractivity contribution < 1.29 is 4.79 Å². The number of ketones is 1. The molecule has 0 bridgehead atoms. The SMILES string of the molecule is CC1CCC(C(=O)c2ccccn2)CC1C. The number of hydrogen-bond donors (Lipinski definition) is 0. The fourth-order valence-corrected chi connectivity index (χ4v) is 2.50. The van der Waals surface area contributed by atoms with Crippen LogP contribution in [-0.4, -0.2) is 10.8 Å². The van der Waals surface area contributed by atoms with Crippen LogP contribution in [0.25, 0.3) is 0 Å². The number of hydrogen-bond acceptors (Lipinski definition) is 2. The van der Waals surface area contributed by atoms with E-state index in [1.807, 2.05) is 18.2 Å². The number of Topliss-reactive ketones (excluding diaryl/α,β-unsaturated/α-hetero) is 1. The molecule has 0 aromatic carbocycles. The Morgan fingerprint density at radius 3 is 2.69 bits per heavy atom. The maximum atomic E-state index is 12.2. The Hall–Kier alpha value is -1.18. The van der Waals surface area contributed by atoms with Gasteiger partial charge in [0, 0.05) is 12.1 Å². The van der Waals surface area contributed by atoms with E-state index in [0.717, 1.165) is 18.8 Å². The second kappa shape index (κ2) is 4.77. The van der Waals surface area contributed by atoms with E-state index in [-0.39, 0.29) is 11.7 Å². The molecule has 2 rings (SSSR count). The quantitative estimate of drug-likeness (QED) is 0.711. The van der Waals surface area contributed by atoms with E-state index in [1.54, 1.807) is 6.20 Å². The molecule has 1 aromatic rings. The van der Waals surface area contributed by atoms with Gasteiger partial charge in [-0.15, -0.1) is 0 Å². The van der Waals surface area contributed by atoms with Crippen LogP contribution in [0.2, 0.25) is 0 Å². The van der Waals surface area contributed by atoms with Gasteiger partial charge in [-0.05, 0) is 43.2 Å². The molecule has 1 aliphatic rings. The summed E-state index contributed by atoms with van der Waals surface area (Å²) >= 11 is 0. The third kappa shape index (κ3) is 2.31. The highest BCUT2D eigenvalue weighted by molar-refractivity contribution is 5.96. The van der Waals surface area contributed by atoms with Crippen molar-refractivity contribution >= 4 is 5.78 Å². The first kappa shape index (κ1) is 11.3. The Morgan fingerprint density at radius 2 is 2.06 bits per heavy atom. The smallest absolute Gasteiger partial charge is 0.184 e. The number of aromatic nitrogens is 1. The monoisotopic (exact) mass is 217 g/mol. The molecule has 1 fully saturated rings. The zero-order valence-corrected chi connectivity index (χ0v) is 10.0. The summed E-state index contributed by atoms with van der Waals surface area (Å²) in [6.45, 7) is 4.54. The number of nitrogens with zero attached hydrogens (tertiary/aromatic N) is 1. The Balaban J connectivity index is 2.06. The van der Waals surface area contributed by atoms with Crippen molar-refractivity contribution in [3.8, 4) is 0 Å². The molecule has 86 valence electrons. The van der Waals surface area contributed by atoms with Crippen LogP contribution in [0.3, 0.4) is 0 Å². The normalized spacial score (nSPS) is 30.0. The zero-order valence-electron chi connectivity index (χ0n) is 10.0. The molecule has 0 N–H and O–H groups in total. The lowest BCUT2D eigenvalue weighted by Crippen LogP contribution is -2.26. The van der Waals surface area contributed by atoms with E-state index in [2.05, 4.69) is 18.8 Å². The molecule has 3 unspecified atom stereocenters. The molecular formula is C14H19NO. The van der Waals surface area contributed by atoms with E-state index < -0.39 is 0 Å². The molecule has 16 heavy (non-hydrogen) atoms. The first-order valence-electron chi connectivity index (χ1n) is 6.13. The molecule has 3 atom stereocenters. The van der Waals surface area contributed by atoms with E-state index in [1.165, 1.54) is 6.42 Å². The van der Waals surface area contributed by atoms with Gasteiger partial charge in [-0.25, -0.2) is 0 Å². The predicted molar refractivity (Wildman–Crippen MR) is 64.2 cm³/mol. The summed E-state index contributed by atoms with van der Waals surface area (Å²) in [7, 11) is 0. The first-order chi connectivity index (χ1) is 7.68. The summed E-state index contributed by atoms with van der Waals surface area (Å²) in [5, 5.41) is 0. The van der Waals surface area contributed by atoms with E-state index in [4.69, 9.17) is 0 Å². The summed E-state index contributed by atoms with van der Waals surface area (Å²) in [4.78, 5) is 16.3. The average Bonchev–Trinajstić information content (AvgIpc) is 2.33. The van der Waals surface area contributed by atoms with Gasteiger partial charge in [0.25, 0.3) is 0 Å². The third-order valence-electron chi connectivity index (χ3n) is 3.89. The van der Waals surface area contributed by atoms with Gasteiger partial charge < -0.3 is 0 Å². The van der Waals surface area contributed by atoms with E-state index >= 15 is 0 Å². The lowest BCUT2D eigenvalue weighted by atomic mass is 9.74. The van der Waals surface area contributed by atoms with Gasteiger partial charge in [-0.1, -0.05) is 19.9 Å². The number of rotatable bonds is 2. The molecule has 0 aliphatic heterocycles. The summed E-state index contributed by atoms with van der Waals surface area (Å²) in [6, 6.07) is 5.56. The summed E-state index contributed by atoms with van der Waals surface area (Å²) in [5.74, 6) is 1.85. The highest BCUT2D eigenvalue weighted by Gasteiger charge is 2.29. The van der Waals surface area contributed by atoms with Crippen LogP contribution in [-0.2, 0) is 0 Å². The minimum atomic E-state index is 0.195. The Morgan fingerprint density at radius 1 is 1.25 bits per heavy atom. The molecule has 2 nitrogen and oxygen atoms in total. The Bertz CT molecular complexity index is 360. The van der Waals surface area contributed by atoms with Crippen LogP contribution in [0.5, 0.6) is 0 Å². The highest BCUT2D eigenvalue weighted by atomic mass is 16.1. The highest BCUT2D eigenvalue weighted by Crippen LogP contribution is 2.34. The number of pyridine rings is 1. The van der Waals surface area contributed by atoms with Crippen LogP contribution >= 0.6 is 0 Å². The molecule has 0 saturated heterocycles. The van der Waals surface area contributed by atoms with Gasteiger partial charge in [0.1, 0.15) is 5.69 Å². The van der Waals surface area contributed by atoms with Gasteiger partial charge in [0.05, 0.1) is 0 Å². The third-order valence-corrected chi connectivity index (χ3v) is 3.89. The van der Waals surface area contributed by atoms with Crippen LogP contribution in [0.15, 0.2) is 24.4 Å². The maximum absolute atomic E-state index is 12.2. The van der Waals surface area contributed by atoms with E-state index in [0.29, 0.717) is 11.6 Å². The maximum Gasteiger partial charge on any atom is 0.184 e. The summed E-state index contributed by atoms with van der Waals surface area (Å²) < 4.78 is 0. The molecule has 1 aromatic heterocycles. The molecular weight excluding hydrogens is 198 g/mol. The molecule has 2 heteroatoms. The van der Waals surface area contributed by atoms with Gasteiger partial charge in [-0.2, -0.15) is 0 Å². The van der Waals surface area contributed by atoms with Crippen LogP contribution in [0, 0.1) is 17.8 Å². The van der Waals surface area contributed by atoms with Crippen molar-refractivity contribution in [2.45, 2.75) is 33.1 Å².